The van der Waals surface area contributed by atoms with Gasteiger partial charge in [0, 0.05) is 24.3 Å². The molecule has 0 atom stereocenters. The van der Waals surface area contributed by atoms with E-state index in [9.17, 15) is 4.79 Å². The van der Waals surface area contributed by atoms with Crippen molar-refractivity contribution in [2.75, 3.05) is 18.9 Å². The molecule has 0 fully saturated rings. The van der Waals surface area contributed by atoms with Crippen LogP contribution in [0.5, 0.6) is 0 Å². The predicted molar refractivity (Wildman–Crippen MR) is 103 cm³/mol. The summed E-state index contributed by atoms with van der Waals surface area (Å²) in [5.74, 6) is 0.384. The van der Waals surface area contributed by atoms with Gasteiger partial charge >= 0.3 is 0 Å². The fraction of sp³-hybridized carbons (Fsp3) is 0.286. The first-order chi connectivity index (χ1) is 10.7. The van der Waals surface area contributed by atoms with Crippen LogP contribution in [0.2, 0.25) is 0 Å². The topological polar surface area (TPSA) is 91.3 Å². The molecular weight excluding hydrogens is 427 g/mol. The number of nitrogens with zero attached hydrogens (tertiary/aromatic N) is 3. The predicted octanol–water partition coefficient (Wildman–Crippen LogP) is 1.77. The molecule has 2 aromatic rings. The third-order valence-corrected chi connectivity index (χ3v) is 3.63. The first-order valence-electron chi connectivity index (χ1n) is 6.73. The average Bonchev–Trinajstić information content (AvgIpc) is 2.94. The van der Waals surface area contributed by atoms with E-state index >= 15 is 0 Å². The summed E-state index contributed by atoms with van der Waals surface area (Å²) in [6.07, 6.45) is 3.25. The quantitative estimate of drug-likeness (QED) is 0.370. The lowest BCUT2D eigenvalue weighted by Crippen LogP contribution is -2.41. The molecule has 0 aliphatic rings. The molecule has 0 unspecified atom stereocenters. The Kier molecular flexibility index (Phi) is 8.48. The fourth-order valence-corrected chi connectivity index (χ4v) is 2.38. The summed E-state index contributed by atoms with van der Waals surface area (Å²) in [4.78, 5) is 24.2. The van der Waals surface area contributed by atoms with E-state index in [-0.39, 0.29) is 36.4 Å². The van der Waals surface area contributed by atoms with Gasteiger partial charge in [-0.1, -0.05) is 0 Å². The Balaban J connectivity index is 0.00000264. The van der Waals surface area contributed by atoms with E-state index in [1.807, 2.05) is 12.3 Å². The molecule has 3 N–H and O–H groups in total. The molecule has 0 aliphatic carbocycles. The molecule has 7 nitrogen and oxygen atoms in total. The Morgan fingerprint density at radius 3 is 2.83 bits per heavy atom. The highest BCUT2D eigenvalue weighted by atomic mass is 127. The number of guanidine groups is 1. The van der Waals surface area contributed by atoms with Crippen molar-refractivity contribution in [2.24, 2.45) is 4.99 Å². The van der Waals surface area contributed by atoms with E-state index in [0.29, 0.717) is 18.2 Å². The Morgan fingerprint density at radius 2 is 2.22 bits per heavy atom. The second kappa shape index (κ2) is 10.1. The van der Waals surface area contributed by atoms with Gasteiger partial charge in [0.2, 0.25) is 5.91 Å². The lowest BCUT2D eigenvalue weighted by molar-refractivity contribution is -0.115. The molecule has 0 aliphatic heterocycles. The molecule has 2 rings (SSSR count). The van der Waals surface area contributed by atoms with Gasteiger partial charge in [0.1, 0.15) is 5.01 Å². The van der Waals surface area contributed by atoms with Gasteiger partial charge in [-0.25, -0.2) is 4.98 Å². The molecule has 23 heavy (non-hydrogen) atoms. The van der Waals surface area contributed by atoms with Crippen LogP contribution in [0.3, 0.4) is 0 Å². The van der Waals surface area contributed by atoms with E-state index in [2.05, 4.69) is 30.9 Å². The SMILES string of the molecule is CN=C(NCC(=O)Nc1cccnc1)NCc1nc(C)cs1.I. The molecule has 124 valence electrons. The van der Waals surface area contributed by atoms with Gasteiger partial charge in [0.05, 0.1) is 25.0 Å². The average molecular weight is 446 g/mol. The van der Waals surface area contributed by atoms with Gasteiger partial charge in [0.15, 0.2) is 5.96 Å². The summed E-state index contributed by atoms with van der Waals surface area (Å²) in [5.41, 5.74) is 1.66. The van der Waals surface area contributed by atoms with Crippen LogP contribution in [0.4, 0.5) is 5.69 Å². The number of aryl methyl sites for hydroxylation is 1. The number of rotatable bonds is 5. The maximum atomic E-state index is 11.8. The molecule has 2 aromatic heterocycles. The number of nitrogens with one attached hydrogen (secondary N) is 3. The summed E-state index contributed by atoms with van der Waals surface area (Å²) in [5, 5.41) is 11.8. The van der Waals surface area contributed by atoms with Crippen LogP contribution in [0, 0.1) is 6.92 Å². The molecule has 1 amide bonds. The number of aromatic nitrogens is 2. The second-order valence-electron chi connectivity index (χ2n) is 4.45. The number of carbonyl (C=O) groups is 1. The van der Waals surface area contributed by atoms with E-state index in [4.69, 9.17) is 0 Å². The minimum absolute atomic E-state index is 0. The number of carbonyl (C=O) groups excluding carboxylic acids is 1. The summed E-state index contributed by atoms with van der Waals surface area (Å²) in [6, 6.07) is 3.54. The van der Waals surface area contributed by atoms with Crippen molar-refractivity contribution in [3.8, 4) is 0 Å². The Hall–Kier alpha value is -1.75. The van der Waals surface area contributed by atoms with Gasteiger partial charge in [-0.15, -0.1) is 35.3 Å². The van der Waals surface area contributed by atoms with Crippen molar-refractivity contribution in [1.82, 2.24) is 20.6 Å². The van der Waals surface area contributed by atoms with Crippen molar-refractivity contribution in [3.05, 3.63) is 40.6 Å². The molecule has 2 heterocycles. The maximum absolute atomic E-state index is 11.8. The summed E-state index contributed by atoms with van der Waals surface area (Å²) in [7, 11) is 1.65. The number of hydrogen-bond donors (Lipinski definition) is 3. The normalized spacial score (nSPS) is 10.6. The third kappa shape index (κ3) is 6.91. The van der Waals surface area contributed by atoms with E-state index in [1.165, 1.54) is 0 Å². The van der Waals surface area contributed by atoms with Crippen molar-refractivity contribution < 1.29 is 4.79 Å². The molecular formula is C14H19IN6OS. The van der Waals surface area contributed by atoms with Gasteiger partial charge in [-0.05, 0) is 19.1 Å². The summed E-state index contributed by atoms with van der Waals surface area (Å²) >= 11 is 1.59. The monoisotopic (exact) mass is 446 g/mol. The standard InChI is InChI=1S/C14H18N6OS.HI/c1-10-9-22-13(19-10)8-18-14(15-2)17-7-12(21)20-11-4-3-5-16-6-11;/h3-6,9H,7-8H2,1-2H3,(H,20,21)(H2,15,17,18);1H. The minimum Gasteiger partial charge on any atom is -0.350 e. The minimum atomic E-state index is -0.166. The van der Waals surface area contributed by atoms with Crippen LogP contribution < -0.4 is 16.0 Å². The van der Waals surface area contributed by atoms with Crippen LogP contribution in [-0.2, 0) is 11.3 Å². The summed E-state index contributed by atoms with van der Waals surface area (Å²) < 4.78 is 0. The molecule has 0 saturated heterocycles. The zero-order chi connectivity index (χ0) is 15.8. The number of anilines is 1. The molecule has 0 saturated carbocycles. The second-order valence-corrected chi connectivity index (χ2v) is 5.39. The van der Waals surface area contributed by atoms with Crippen molar-refractivity contribution >= 4 is 52.9 Å². The van der Waals surface area contributed by atoms with Crippen LogP contribution >= 0.6 is 35.3 Å². The third-order valence-electron chi connectivity index (χ3n) is 2.66. The molecule has 0 radical (unpaired) electrons. The highest BCUT2D eigenvalue weighted by Crippen LogP contribution is 2.07. The molecule has 0 aromatic carbocycles. The number of amides is 1. The van der Waals surface area contributed by atoms with E-state index in [1.54, 1.807) is 42.9 Å². The van der Waals surface area contributed by atoms with Gasteiger partial charge in [-0.3, -0.25) is 14.8 Å². The fourth-order valence-electron chi connectivity index (χ4n) is 1.67. The molecule has 0 bridgehead atoms. The van der Waals surface area contributed by atoms with Crippen LogP contribution in [0.25, 0.3) is 0 Å². The number of aliphatic imine (C=N–C) groups is 1. The largest absolute Gasteiger partial charge is 0.350 e. The number of halogens is 1. The Labute approximate surface area is 156 Å². The summed E-state index contributed by atoms with van der Waals surface area (Å²) in [6.45, 7) is 2.64. The highest BCUT2D eigenvalue weighted by Gasteiger charge is 2.05. The van der Waals surface area contributed by atoms with Gasteiger partial charge < -0.3 is 16.0 Å². The van der Waals surface area contributed by atoms with Crippen molar-refractivity contribution in [3.63, 3.8) is 0 Å². The number of pyridine rings is 1. The van der Waals surface area contributed by atoms with E-state index in [0.717, 1.165) is 10.7 Å². The zero-order valence-corrected chi connectivity index (χ0v) is 16.0. The highest BCUT2D eigenvalue weighted by molar-refractivity contribution is 14.0. The van der Waals surface area contributed by atoms with Crippen LogP contribution in [0.1, 0.15) is 10.7 Å². The lowest BCUT2D eigenvalue weighted by Gasteiger charge is -2.11. The van der Waals surface area contributed by atoms with Crippen molar-refractivity contribution in [2.45, 2.75) is 13.5 Å². The van der Waals surface area contributed by atoms with Gasteiger partial charge in [0.25, 0.3) is 0 Å². The van der Waals surface area contributed by atoms with Crippen LogP contribution in [0.15, 0.2) is 34.9 Å². The zero-order valence-electron chi connectivity index (χ0n) is 12.9. The van der Waals surface area contributed by atoms with E-state index < -0.39 is 0 Å². The number of hydrogen-bond acceptors (Lipinski definition) is 5. The lowest BCUT2D eigenvalue weighted by atomic mass is 10.4. The molecule has 9 heteroatoms. The Bertz CT molecular complexity index is 646. The van der Waals surface area contributed by atoms with Gasteiger partial charge in [-0.2, -0.15) is 0 Å². The van der Waals surface area contributed by atoms with Crippen molar-refractivity contribution in [1.29, 1.82) is 0 Å². The number of thiazole rings is 1. The Morgan fingerprint density at radius 1 is 1.39 bits per heavy atom. The van der Waals surface area contributed by atoms with Crippen LogP contribution in [-0.4, -0.2) is 35.4 Å². The smallest absolute Gasteiger partial charge is 0.243 e. The molecule has 0 spiro atoms. The first-order valence-corrected chi connectivity index (χ1v) is 7.60. The maximum Gasteiger partial charge on any atom is 0.243 e. The first kappa shape index (κ1) is 19.3.